The number of rotatable bonds is 16. The number of H-pyrrole nitrogens is 2. The van der Waals surface area contributed by atoms with E-state index in [2.05, 4.69) is 25.1 Å². The maximum Gasteiger partial charge on any atom is 0.277 e. The number of aryl methyl sites for hydroxylation is 1. The summed E-state index contributed by atoms with van der Waals surface area (Å²) in [4.78, 5) is 24.1. The zero-order valence-electron chi connectivity index (χ0n) is 23.8. The SMILES string of the molecule is [N-]=[N+]=NCCOCCOCCOCc1ccc(-c2[nH]n(-c3nc4ccc(Cl)cc4[nH]3)c(=O)c2CCc2ccc(F)cc2)cc1. The number of halogens is 2. The van der Waals surface area contributed by atoms with Gasteiger partial charge in [-0.15, -0.1) is 0 Å². The molecule has 2 heterocycles. The van der Waals surface area contributed by atoms with Gasteiger partial charge >= 0.3 is 0 Å². The van der Waals surface area contributed by atoms with E-state index in [-0.39, 0.29) is 11.4 Å². The van der Waals surface area contributed by atoms with Crippen molar-refractivity contribution in [2.24, 2.45) is 5.11 Å². The first kappa shape index (κ1) is 31.0. The van der Waals surface area contributed by atoms with Gasteiger partial charge in [0.05, 0.1) is 56.4 Å². The van der Waals surface area contributed by atoms with Crippen LogP contribution >= 0.6 is 11.6 Å². The van der Waals surface area contributed by atoms with Crippen LogP contribution in [0.3, 0.4) is 0 Å². The van der Waals surface area contributed by atoms with E-state index in [0.29, 0.717) is 92.3 Å². The molecule has 44 heavy (non-hydrogen) atoms. The van der Waals surface area contributed by atoms with Crippen LogP contribution in [0.4, 0.5) is 4.39 Å². The number of fused-ring (bicyclic) bond motifs is 1. The summed E-state index contributed by atoms with van der Waals surface area (Å²) >= 11 is 6.14. The van der Waals surface area contributed by atoms with Gasteiger partial charge in [0.2, 0.25) is 5.95 Å². The Morgan fingerprint density at radius 2 is 1.61 bits per heavy atom. The molecule has 2 N–H and O–H groups in total. The smallest absolute Gasteiger partial charge is 0.277 e. The third-order valence-corrected chi connectivity index (χ3v) is 7.10. The number of aromatic nitrogens is 4. The monoisotopic (exact) mass is 619 g/mol. The highest BCUT2D eigenvalue weighted by atomic mass is 35.5. The Labute approximate surface area is 257 Å². The number of nitrogens with zero attached hydrogens (tertiary/aromatic N) is 5. The molecule has 0 amide bonds. The van der Waals surface area contributed by atoms with Gasteiger partial charge in [0.25, 0.3) is 5.56 Å². The van der Waals surface area contributed by atoms with E-state index in [9.17, 15) is 9.18 Å². The van der Waals surface area contributed by atoms with Crippen LogP contribution in [0.25, 0.3) is 38.7 Å². The lowest BCUT2D eigenvalue weighted by Gasteiger charge is -2.08. The predicted octanol–water partition coefficient (Wildman–Crippen LogP) is 6.15. The Kier molecular flexibility index (Phi) is 10.8. The van der Waals surface area contributed by atoms with Crippen LogP contribution < -0.4 is 5.56 Å². The number of azide groups is 1. The molecule has 0 aliphatic carbocycles. The summed E-state index contributed by atoms with van der Waals surface area (Å²) in [6.07, 6.45) is 1.01. The van der Waals surface area contributed by atoms with Crippen LogP contribution in [0.2, 0.25) is 5.02 Å². The summed E-state index contributed by atoms with van der Waals surface area (Å²) in [7, 11) is 0. The molecule has 0 spiro atoms. The largest absolute Gasteiger partial charge is 0.379 e. The van der Waals surface area contributed by atoms with Crippen molar-refractivity contribution in [3.8, 4) is 17.2 Å². The van der Waals surface area contributed by atoms with Crippen LogP contribution in [0, 0.1) is 5.82 Å². The first-order chi connectivity index (χ1) is 21.5. The fourth-order valence-corrected chi connectivity index (χ4v) is 4.81. The minimum atomic E-state index is -0.301. The molecule has 0 atom stereocenters. The lowest BCUT2D eigenvalue weighted by Crippen LogP contribution is -2.18. The van der Waals surface area contributed by atoms with Crippen molar-refractivity contribution in [1.82, 2.24) is 19.7 Å². The van der Waals surface area contributed by atoms with Crippen molar-refractivity contribution < 1.29 is 18.6 Å². The van der Waals surface area contributed by atoms with E-state index < -0.39 is 0 Å². The lowest BCUT2D eigenvalue weighted by molar-refractivity contribution is 0.0119. The molecule has 0 aliphatic heterocycles. The summed E-state index contributed by atoms with van der Waals surface area (Å²) in [6.45, 7) is 2.77. The maximum atomic E-state index is 13.7. The molecule has 0 unspecified atom stereocenters. The minimum absolute atomic E-state index is 0.222. The molecule has 0 radical (unpaired) electrons. The quantitative estimate of drug-likeness (QED) is 0.0590. The van der Waals surface area contributed by atoms with Gasteiger partial charge in [0.1, 0.15) is 5.82 Å². The second-order valence-corrected chi connectivity index (χ2v) is 10.3. The highest BCUT2D eigenvalue weighted by Crippen LogP contribution is 2.24. The van der Waals surface area contributed by atoms with E-state index >= 15 is 0 Å². The topological polar surface area (TPSA) is 143 Å². The van der Waals surface area contributed by atoms with Crippen LogP contribution in [0.15, 0.2) is 76.6 Å². The van der Waals surface area contributed by atoms with Gasteiger partial charge in [-0.05, 0) is 65.4 Å². The summed E-state index contributed by atoms with van der Waals surface area (Å²) in [5.41, 5.74) is 13.4. The van der Waals surface area contributed by atoms with Crippen molar-refractivity contribution >= 4 is 22.6 Å². The minimum Gasteiger partial charge on any atom is -0.379 e. The summed E-state index contributed by atoms with van der Waals surface area (Å²) in [5.74, 6) is 0.0542. The second kappa shape index (κ2) is 15.3. The van der Waals surface area contributed by atoms with Crippen LogP contribution in [0.1, 0.15) is 16.7 Å². The molecule has 3 aromatic carbocycles. The fourth-order valence-electron chi connectivity index (χ4n) is 4.63. The second-order valence-electron chi connectivity index (χ2n) is 9.88. The van der Waals surface area contributed by atoms with E-state index in [0.717, 1.165) is 16.7 Å². The maximum absolute atomic E-state index is 13.7. The number of imidazole rings is 1. The molecule has 0 fully saturated rings. The number of ether oxygens (including phenoxy) is 3. The average Bonchev–Trinajstić information content (AvgIpc) is 3.60. The van der Waals surface area contributed by atoms with Gasteiger partial charge < -0.3 is 19.2 Å². The molecule has 5 rings (SSSR count). The van der Waals surface area contributed by atoms with Crippen molar-refractivity contribution in [2.75, 3.05) is 39.6 Å². The molecule has 0 saturated carbocycles. The van der Waals surface area contributed by atoms with Gasteiger partial charge in [-0.25, -0.2) is 9.37 Å². The molecule has 11 nitrogen and oxygen atoms in total. The van der Waals surface area contributed by atoms with Crippen molar-refractivity contribution in [3.05, 3.63) is 115 Å². The highest BCUT2D eigenvalue weighted by Gasteiger charge is 2.19. The highest BCUT2D eigenvalue weighted by molar-refractivity contribution is 6.31. The van der Waals surface area contributed by atoms with Gasteiger partial charge in [-0.3, -0.25) is 9.89 Å². The van der Waals surface area contributed by atoms with Crippen molar-refractivity contribution in [3.63, 3.8) is 0 Å². The van der Waals surface area contributed by atoms with Crippen LogP contribution in [-0.2, 0) is 33.7 Å². The number of nitrogens with one attached hydrogen (secondary N) is 2. The zero-order valence-corrected chi connectivity index (χ0v) is 24.6. The predicted molar refractivity (Wildman–Crippen MR) is 166 cm³/mol. The van der Waals surface area contributed by atoms with E-state index in [4.69, 9.17) is 31.3 Å². The molecule has 0 bridgehead atoms. The molecule has 0 saturated heterocycles. The molecule has 2 aromatic heterocycles. The number of aromatic amines is 2. The fraction of sp³-hybridized carbons (Fsp3) is 0.290. The summed E-state index contributed by atoms with van der Waals surface area (Å²) < 4.78 is 31.3. The van der Waals surface area contributed by atoms with Crippen molar-refractivity contribution in [1.29, 1.82) is 0 Å². The Bertz CT molecular complexity index is 1780. The number of hydrogen-bond acceptors (Lipinski definition) is 6. The zero-order chi connectivity index (χ0) is 30.7. The van der Waals surface area contributed by atoms with E-state index in [1.54, 1.807) is 30.3 Å². The molecular weight excluding hydrogens is 589 g/mol. The normalized spacial score (nSPS) is 11.2. The lowest BCUT2D eigenvalue weighted by atomic mass is 10.0. The Balaban J connectivity index is 1.25. The Hall–Kier alpha value is -4.45. The standard InChI is InChI=1S/C31H31ClFN7O4/c32-24-8-12-27-28(19-24)37-31(36-27)40-30(41)26(11-5-21-3-9-25(33)10-4-21)29(38-40)23-6-1-22(2-7-23)20-44-18-17-43-16-15-42-14-13-35-39-34/h1-4,6-10,12,19,38H,5,11,13-18,20H2,(H,36,37). The van der Waals surface area contributed by atoms with E-state index in [1.165, 1.54) is 16.8 Å². The van der Waals surface area contributed by atoms with Crippen LogP contribution in [-0.4, -0.2) is 59.3 Å². The van der Waals surface area contributed by atoms with Crippen LogP contribution in [0.5, 0.6) is 0 Å². The number of hydrogen-bond donors (Lipinski definition) is 2. The first-order valence-corrected chi connectivity index (χ1v) is 14.5. The third-order valence-electron chi connectivity index (χ3n) is 6.86. The Morgan fingerprint density at radius 3 is 2.36 bits per heavy atom. The Morgan fingerprint density at radius 1 is 0.909 bits per heavy atom. The summed E-state index contributed by atoms with van der Waals surface area (Å²) in [6, 6.07) is 19.4. The molecule has 228 valence electrons. The molecule has 13 heteroatoms. The van der Waals surface area contributed by atoms with E-state index in [1.807, 2.05) is 24.3 Å². The van der Waals surface area contributed by atoms with Gasteiger partial charge in [0.15, 0.2) is 0 Å². The number of benzene rings is 3. The molecule has 0 aliphatic rings. The molecule has 5 aromatic rings. The van der Waals surface area contributed by atoms with Gasteiger partial charge in [-0.1, -0.05) is 53.1 Å². The van der Waals surface area contributed by atoms with Gasteiger partial charge in [0, 0.05) is 22.0 Å². The third kappa shape index (κ3) is 8.13. The first-order valence-electron chi connectivity index (χ1n) is 14.1. The molecular formula is C31H31ClFN7O4. The van der Waals surface area contributed by atoms with Crippen molar-refractivity contribution in [2.45, 2.75) is 19.4 Å². The summed E-state index contributed by atoms with van der Waals surface area (Å²) in [5, 5.41) is 7.21. The average molecular weight is 620 g/mol. The van der Waals surface area contributed by atoms with Gasteiger partial charge in [-0.2, -0.15) is 4.68 Å².